The molecule has 1 amide bonds. The molecule has 0 spiro atoms. The number of hydrogen-bond donors (Lipinski definition) is 1. The SMILES string of the molecule is CCCN(CC(=O)O)C(=O)c1c(F)ccc(C)c1Br. The summed E-state index contributed by atoms with van der Waals surface area (Å²) in [6.45, 7) is 3.39. The van der Waals surface area contributed by atoms with Crippen LogP contribution in [0.4, 0.5) is 4.39 Å². The molecule has 0 atom stereocenters. The smallest absolute Gasteiger partial charge is 0.323 e. The normalized spacial score (nSPS) is 10.3. The van der Waals surface area contributed by atoms with E-state index in [0.29, 0.717) is 10.9 Å². The number of carboxylic acid groups (broad SMARTS) is 1. The summed E-state index contributed by atoms with van der Waals surface area (Å²) in [5.41, 5.74) is 0.603. The molecular formula is C13H15BrFNO3. The Hall–Kier alpha value is -1.43. The average molecular weight is 332 g/mol. The highest BCUT2D eigenvalue weighted by molar-refractivity contribution is 9.10. The van der Waals surface area contributed by atoms with Crippen molar-refractivity contribution in [2.45, 2.75) is 20.3 Å². The summed E-state index contributed by atoms with van der Waals surface area (Å²) in [5.74, 6) is -2.39. The highest BCUT2D eigenvalue weighted by Crippen LogP contribution is 2.25. The molecule has 0 radical (unpaired) electrons. The predicted molar refractivity (Wildman–Crippen MR) is 72.7 cm³/mol. The number of rotatable bonds is 5. The van der Waals surface area contributed by atoms with Gasteiger partial charge in [-0.2, -0.15) is 0 Å². The lowest BCUT2D eigenvalue weighted by atomic mass is 10.1. The summed E-state index contributed by atoms with van der Waals surface area (Å²) in [4.78, 5) is 24.1. The Labute approximate surface area is 119 Å². The zero-order valence-electron chi connectivity index (χ0n) is 10.7. The van der Waals surface area contributed by atoms with Gasteiger partial charge in [0.25, 0.3) is 5.91 Å². The second kappa shape index (κ2) is 6.65. The molecule has 0 fully saturated rings. The van der Waals surface area contributed by atoms with Crippen LogP contribution in [0.5, 0.6) is 0 Å². The summed E-state index contributed by atoms with van der Waals surface area (Å²) in [6.07, 6.45) is 0.601. The van der Waals surface area contributed by atoms with E-state index in [2.05, 4.69) is 15.9 Å². The van der Waals surface area contributed by atoms with Crippen LogP contribution in [0.1, 0.15) is 29.3 Å². The van der Waals surface area contributed by atoms with Crippen LogP contribution >= 0.6 is 15.9 Å². The molecule has 1 aromatic rings. The Morgan fingerprint density at radius 2 is 2.05 bits per heavy atom. The molecule has 104 valence electrons. The van der Waals surface area contributed by atoms with E-state index >= 15 is 0 Å². The fourth-order valence-corrected chi connectivity index (χ4v) is 2.19. The van der Waals surface area contributed by atoms with Crippen LogP contribution in [0, 0.1) is 12.7 Å². The van der Waals surface area contributed by atoms with Crippen molar-refractivity contribution in [2.24, 2.45) is 0 Å². The van der Waals surface area contributed by atoms with E-state index in [4.69, 9.17) is 5.11 Å². The van der Waals surface area contributed by atoms with Crippen LogP contribution in [0.25, 0.3) is 0 Å². The number of carboxylic acids is 1. The number of hydrogen-bond acceptors (Lipinski definition) is 2. The van der Waals surface area contributed by atoms with E-state index in [1.165, 1.54) is 6.07 Å². The number of carbonyl (C=O) groups is 2. The Morgan fingerprint density at radius 3 is 2.58 bits per heavy atom. The third kappa shape index (κ3) is 3.76. The fourth-order valence-electron chi connectivity index (χ4n) is 1.70. The number of carbonyl (C=O) groups excluding carboxylic acids is 1. The lowest BCUT2D eigenvalue weighted by Crippen LogP contribution is -2.37. The first kappa shape index (κ1) is 15.6. The summed E-state index contributed by atoms with van der Waals surface area (Å²) >= 11 is 3.18. The molecule has 19 heavy (non-hydrogen) atoms. The van der Waals surface area contributed by atoms with Gasteiger partial charge in [-0.1, -0.05) is 13.0 Å². The van der Waals surface area contributed by atoms with Crippen LogP contribution in [0.15, 0.2) is 16.6 Å². The molecule has 4 nitrogen and oxygen atoms in total. The van der Waals surface area contributed by atoms with Gasteiger partial charge in [0.2, 0.25) is 0 Å². The number of nitrogens with zero attached hydrogens (tertiary/aromatic N) is 1. The molecule has 1 aromatic carbocycles. The van der Waals surface area contributed by atoms with Crippen LogP contribution in [-0.2, 0) is 4.79 Å². The summed E-state index contributed by atoms with van der Waals surface area (Å²) < 4.78 is 14.2. The maximum atomic E-state index is 13.8. The molecule has 0 heterocycles. The Morgan fingerprint density at radius 1 is 1.42 bits per heavy atom. The zero-order valence-corrected chi connectivity index (χ0v) is 12.3. The van der Waals surface area contributed by atoms with Gasteiger partial charge in [0.15, 0.2) is 0 Å². The van der Waals surface area contributed by atoms with Gasteiger partial charge in [0.1, 0.15) is 12.4 Å². The molecule has 0 aliphatic rings. The van der Waals surface area contributed by atoms with E-state index in [1.807, 2.05) is 6.92 Å². The monoisotopic (exact) mass is 331 g/mol. The minimum atomic E-state index is -1.12. The third-order valence-corrected chi connectivity index (χ3v) is 3.63. The number of amides is 1. The highest BCUT2D eigenvalue weighted by atomic mass is 79.9. The lowest BCUT2D eigenvalue weighted by Gasteiger charge is -2.21. The van der Waals surface area contributed by atoms with Gasteiger partial charge < -0.3 is 10.0 Å². The molecular weight excluding hydrogens is 317 g/mol. The van der Waals surface area contributed by atoms with Gasteiger partial charge in [0.05, 0.1) is 5.56 Å². The van der Waals surface area contributed by atoms with Crippen molar-refractivity contribution in [3.8, 4) is 0 Å². The van der Waals surface area contributed by atoms with Crippen LogP contribution < -0.4 is 0 Å². The molecule has 0 aromatic heterocycles. The van der Waals surface area contributed by atoms with Gasteiger partial charge >= 0.3 is 5.97 Å². The Kier molecular flexibility index (Phi) is 5.47. The molecule has 0 bridgehead atoms. The van der Waals surface area contributed by atoms with Crippen molar-refractivity contribution in [1.29, 1.82) is 0 Å². The minimum Gasteiger partial charge on any atom is -0.480 e. The van der Waals surface area contributed by atoms with Crippen molar-refractivity contribution in [2.75, 3.05) is 13.1 Å². The van der Waals surface area contributed by atoms with Gasteiger partial charge in [-0.3, -0.25) is 9.59 Å². The third-order valence-electron chi connectivity index (χ3n) is 2.60. The van der Waals surface area contributed by atoms with E-state index in [0.717, 1.165) is 10.5 Å². The summed E-state index contributed by atoms with van der Waals surface area (Å²) in [5, 5.41) is 8.80. The largest absolute Gasteiger partial charge is 0.480 e. The number of aryl methyl sites for hydroxylation is 1. The fraction of sp³-hybridized carbons (Fsp3) is 0.385. The number of halogens is 2. The van der Waals surface area contributed by atoms with Gasteiger partial charge in [0, 0.05) is 11.0 Å². The van der Waals surface area contributed by atoms with Crippen molar-refractivity contribution in [3.05, 3.63) is 33.5 Å². The Balaban J connectivity index is 3.16. The molecule has 0 aliphatic heterocycles. The van der Waals surface area contributed by atoms with Gasteiger partial charge in [-0.25, -0.2) is 4.39 Å². The van der Waals surface area contributed by atoms with Crippen molar-refractivity contribution in [1.82, 2.24) is 4.90 Å². The first-order valence-corrected chi connectivity index (χ1v) is 6.63. The second-order valence-corrected chi connectivity index (χ2v) is 4.97. The van der Waals surface area contributed by atoms with E-state index < -0.39 is 24.2 Å². The van der Waals surface area contributed by atoms with Gasteiger partial charge in [-0.05, 0) is 40.9 Å². The minimum absolute atomic E-state index is 0.116. The number of aliphatic carboxylic acids is 1. The van der Waals surface area contributed by atoms with Crippen molar-refractivity contribution >= 4 is 27.8 Å². The Bertz CT molecular complexity index is 505. The second-order valence-electron chi connectivity index (χ2n) is 4.17. The van der Waals surface area contributed by atoms with Crippen molar-refractivity contribution < 1.29 is 19.1 Å². The molecule has 0 saturated carbocycles. The van der Waals surface area contributed by atoms with Crippen LogP contribution in [-0.4, -0.2) is 35.0 Å². The highest BCUT2D eigenvalue weighted by Gasteiger charge is 2.24. The van der Waals surface area contributed by atoms with Crippen molar-refractivity contribution in [3.63, 3.8) is 0 Å². The first-order chi connectivity index (χ1) is 8.88. The van der Waals surface area contributed by atoms with E-state index in [-0.39, 0.29) is 12.1 Å². The van der Waals surface area contributed by atoms with E-state index in [1.54, 1.807) is 13.0 Å². The quantitative estimate of drug-likeness (QED) is 0.902. The molecule has 0 aliphatic carbocycles. The topological polar surface area (TPSA) is 57.6 Å². The average Bonchev–Trinajstić information content (AvgIpc) is 2.33. The number of benzene rings is 1. The predicted octanol–water partition coefficient (Wildman–Crippen LogP) is 2.83. The molecule has 0 saturated heterocycles. The standard InChI is InChI=1S/C13H15BrFNO3/c1-3-6-16(7-10(17)18)13(19)11-9(15)5-4-8(2)12(11)14/h4-5H,3,6-7H2,1-2H3,(H,17,18). The first-order valence-electron chi connectivity index (χ1n) is 5.84. The molecule has 6 heteroatoms. The van der Waals surface area contributed by atoms with Gasteiger partial charge in [-0.15, -0.1) is 0 Å². The molecule has 1 rings (SSSR count). The molecule has 1 N–H and O–H groups in total. The lowest BCUT2D eigenvalue weighted by molar-refractivity contribution is -0.137. The molecule has 0 unspecified atom stereocenters. The zero-order chi connectivity index (χ0) is 14.6. The van der Waals surface area contributed by atoms with Crippen LogP contribution in [0.3, 0.4) is 0 Å². The maximum Gasteiger partial charge on any atom is 0.323 e. The maximum absolute atomic E-state index is 13.8. The summed E-state index contributed by atoms with van der Waals surface area (Å²) in [7, 11) is 0. The summed E-state index contributed by atoms with van der Waals surface area (Å²) in [6, 6.07) is 2.76. The van der Waals surface area contributed by atoms with Crippen LogP contribution in [0.2, 0.25) is 0 Å². The van der Waals surface area contributed by atoms with E-state index in [9.17, 15) is 14.0 Å².